The van der Waals surface area contributed by atoms with Crippen LogP contribution in [-0.4, -0.2) is 33.4 Å². The van der Waals surface area contributed by atoms with Crippen LogP contribution in [0.1, 0.15) is 32.5 Å². The summed E-state index contributed by atoms with van der Waals surface area (Å²) in [6.07, 6.45) is 1.51. The first kappa shape index (κ1) is 16.2. The Bertz CT molecular complexity index is 711. The van der Waals surface area contributed by atoms with Crippen LogP contribution >= 0.6 is 0 Å². The molecule has 0 aliphatic rings. The Morgan fingerprint density at radius 3 is 2.77 bits per heavy atom. The number of carbonyl (C=O) groups is 1. The summed E-state index contributed by atoms with van der Waals surface area (Å²) in [5.41, 5.74) is 6.33. The van der Waals surface area contributed by atoms with Gasteiger partial charge in [-0.05, 0) is 25.5 Å². The van der Waals surface area contributed by atoms with Crippen LogP contribution in [0, 0.1) is 0 Å². The quantitative estimate of drug-likeness (QED) is 0.843. The van der Waals surface area contributed by atoms with E-state index < -0.39 is 6.04 Å². The molecule has 0 spiro atoms. The fourth-order valence-corrected chi connectivity index (χ4v) is 2.41. The third kappa shape index (κ3) is 3.51. The SMILES string of the molecule is CCCC(N)C(=O)N(CC)Cc1nc2ccccc2c(=O)[nH]1. The normalized spacial score (nSPS) is 12.3. The predicted octanol–water partition coefficient (Wildman–Crippen LogP) is 1.40. The highest BCUT2D eigenvalue weighted by atomic mass is 16.2. The van der Waals surface area contributed by atoms with Crippen LogP contribution in [-0.2, 0) is 11.3 Å². The zero-order chi connectivity index (χ0) is 16.1. The standard InChI is InChI=1S/C16H22N4O2/c1-3-7-12(17)16(22)20(4-2)10-14-18-13-9-6-5-8-11(13)15(21)19-14/h5-6,8-9,12H,3-4,7,10,17H2,1-2H3,(H,18,19,21). The Kier molecular flexibility index (Phi) is 5.27. The first-order valence-corrected chi connectivity index (χ1v) is 7.59. The zero-order valence-electron chi connectivity index (χ0n) is 13.0. The topological polar surface area (TPSA) is 92.1 Å². The Morgan fingerprint density at radius 1 is 1.36 bits per heavy atom. The maximum absolute atomic E-state index is 12.3. The van der Waals surface area contributed by atoms with E-state index in [1.54, 1.807) is 23.1 Å². The van der Waals surface area contributed by atoms with E-state index in [9.17, 15) is 9.59 Å². The first-order chi connectivity index (χ1) is 10.6. The number of nitrogens with one attached hydrogen (secondary N) is 1. The molecule has 0 bridgehead atoms. The lowest BCUT2D eigenvalue weighted by atomic mass is 10.1. The van der Waals surface area contributed by atoms with E-state index in [2.05, 4.69) is 9.97 Å². The monoisotopic (exact) mass is 302 g/mol. The molecule has 3 N–H and O–H groups in total. The molecule has 6 heteroatoms. The number of aromatic nitrogens is 2. The molecular weight excluding hydrogens is 280 g/mol. The molecule has 2 rings (SSSR count). The van der Waals surface area contributed by atoms with E-state index >= 15 is 0 Å². The second-order valence-electron chi connectivity index (χ2n) is 5.28. The van der Waals surface area contributed by atoms with Gasteiger partial charge in [0.15, 0.2) is 0 Å². The number of H-pyrrole nitrogens is 1. The van der Waals surface area contributed by atoms with Crippen molar-refractivity contribution in [3.63, 3.8) is 0 Å². The fraction of sp³-hybridized carbons (Fsp3) is 0.438. The van der Waals surface area contributed by atoms with Crippen LogP contribution in [0.5, 0.6) is 0 Å². The number of aromatic amines is 1. The summed E-state index contributed by atoms with van der Waals surface area (Å²) in [5.74, 6) is 0.364. The van der Waals surface area contributed by atoms with Gasteiger partial charge in [0.25, 0.3) is 5.56 Å². The number of nitrogens with two attached hydrogens (primary N) is 1. The second-order valence-corrected chi connectivity index (χ2v) is 5.28. The minimum absolute atomic E-state index is 0.111. The Labute approximate surface area is 129 Å². The van der Waals surface area contributed by atoms with Crippen molar-refractivity contribution >= 4 is 16.8 Å². The molecule has 1 aromatic heterocycles. The minimum atomic E-state index is -0.503. The molecule has 1 unspecified atom stereocenters. The smallest absolute Gasteiger partial charge is 0.258 e. The molecule has 0 radical (unpaired) electrons. The maximum Gasteiger partial charge on any atom is 0.258 e. The van der Waals surface area contributed by atoms with Crippen LogP contribution in [0.15, 0.2) is 29.1 Å². The number of likely N-dealkylation sites (N-methyl/N-ethyl adjacent to an activating group) is 1. The Hall–Kier alpha value is -2.21. The molecule has 1 heterocycles. The number of nitrogens with zero attached hydrogens (tertiary/aromatic N) is 2. The minimum Gasteiger partial charge on any atom is -0.334 e. The molecule has 0 saturated carbocycles. The van der Waals surface area contributed by atoms with E-state index in [1.807, 2.05) is 19.9 Å². The maximum atomic E-state index is 12.3. The first-order valence-electron chi connectivity index (χ1n) is 7.59. The average Bonchev–Trinajstić information content (AvgIpc) is 2.52. The van der Waals surface area contributed by atoms with Gasteiger partial charge in [0, 0.05) is 6.54 Å². The third-order valence-corrected chi connectivity index (χ3v) is 3.61. The van der Waals surface area contributed by atoms with Crippen molar-refractivity contribution < 1.29 is 4.79 Å². The van der Waals surface area contributed by atoms with Crippen LogP contribution in [0.25, 0.3) is 10.9 Å². The number of fused-ring (bicyclic) bond motifs is 1. The predicted molar refractivity (Wildman–Crippen MR) is 86.3 cm³/mol. The summed E-state index contributed by atoms with van der Waals surface area (Å²) < 4.78 is 0. The summed E-state index contributed by atoms with van der Waals surface area (Å²) in [5, 5.41) is 0.545. The highest BCUT2D eigenvalue weighted by molar-refractivity contribution is 5.81. The fourth-order valence-electron chi connectivity index (χ4n) is 2.41. The van der Waals surface area contributed by atoms with Crippen LogP contribution in [0.2, 0.25) is 0 Å². The van der Waals surface area contributed by atoms with Crippen molar-refractivity contribution in [3.05, 3.63) is 40.4 Å². The lowest BCUT2D eigenvalue weighted by Gasteiger charge is -2.23. The van der Waals surface area contributed by atoms with Crippen molar-refractivity contribution in [3.8, 4) is 0 Å². The van der Waals surface area contributed by atoms with Gasteiger partial charge in [0.2, 0.25) is 5.91 Å². The number of hydrogen-bond acceptors (Lipinski definition) is 4. The Morgan fingerprint density at radius 2 is 2.09 bits per heavy atom. The molecule has 118 valence electrons. The van der Waals surface area contributed by atoms with Gasteiger partial charge in [-0.1, -0.05) is 25.5 Å². The molecule has 1 aromatic carbocycles. The van der Waals surface area contributed by atoms with Gasteiger partial charge in [-0.2, -0.15) is 0 Å². The van der Waals surface area contributed by atoms with E-state index in [-0.39, 0.29) is 18.0 Å². The molecule has 0 fully saturated rings. The lowest BCUT2D eigenvalue weighted by molar-refractivity contribution is -0.133. The van der Waals surface area contributed by atoms with Gasteiger partial charge in [-0.25, -0.2) is 4.98 Å². The number of para-hydroxylation sites is 1. The number of benzene rings is 1. The van der Waals surface area contributed by atoms with Crippen LogP contribution in [0.4, 0.5) is 0 Å². The summed E-state index contributed by atoms with van der Waals surface area (Å²) in [4.78, 5) is 33.1. The van der Waals surface area contributed by atoms with E-state index in [0.29, 0.717) is 29.7 Å². The molecule has 1 amide bonds. The molecule has 1 atom stereocenters. The number of carbonyl (C=O) groups excluding carboxylic acids is 1. The summed E-state index contributed by atoms with van der Waals surface area (Å²) in [6, 6.07) is 6.64. The van der Waals surface area contributed by atoms with Gasteiger partial charge >= 0.3 is 0 Å². The molecule has 22 heavy (non-hydrogen) atoms. The van der Waals surface area contributed by atoms with E-state index in [4.69, 9.17) is 5.73 Å². The average molecular weight is 302 g/mol. The van der Waals surface area contributed by atoms with Gasteiger partial charge in [0.05, 0.1) is 23.5 Å². The second kappa shape index (κ2) is 7.17. The van der Waals surface area contributed by atoms with E-state index in [1.165, 1.54) is 0 Å². The van der Waals surface area contributed by atoms with E-state index in [0.717, 1.165) is 6.42 Å². The largest absolute Gasteiger partial charge is 0.334 e. The molecular formula is C16H22N4O2. The molecule has 0 aliphatic heterocycles. The van der Waals surface area contributed by atoms with Gasteiger partial charge < -0.3 is 15.6 Å². The third-order valence-electron chi connectivity index (χ3n) is 3.61. The summed E-state index contributed by atoms with van der Waals surface area (Å²) in [6.45, 7) is 4.65. The van der Waals surface area contributed by atoms with Gasteiger partial charge in [0.1, 0.15) is 5.82 Å². The Balaban J connectivity index is 2.24. The van der Waals surface area contributed by atoms with Crippen molar-refractivity contribution in [2.24, 2.45) is 5.73 Å². The van der Waals surface area contributed by atoms with Crippen LogP contribution < -0.4 is 11.3 Å². The summed E-state index contributed by atoms with van der Waals surface area (Å²) in [7, 11) is 0. The summed E-state index contributed by atoms with van der Waals surface area (Å²) >= 11 is 0. The number of hydrogen-bond donors (Lipinski definition) is 2. The highest BCUT2D eigenvalue weighted by Crippen LogP contribution is 2.08. The molecule has 2 aromatic rings. The number of amides is 1. The lowest BCUT2D eigenvalue weighted by Crippen LogP contribution is -2.43. The molecule has 0 saturated heterocycles. The van der Waals surface area contributed by atoms with Crippen molar-refractivity contribution in [2.45, 2.75) is 39.3 Å². The number of rotatable bonds is 6. The van der Waals surface area contributed by atoms with Crippen molar-refractivity contribution in [1.29, 1.82) is 0 Å². The molecule has 6 nitrogen and oxygen atoms in total. The molecule has 0 aliphatic carbocycles. The highest BCUT2D eigenvalue weighted by Gasteiger charge is 2.20. The van der Waals surface area contributed by atoms with Crippen molar-refractivity contribution in [1.82, 2.24) is 14.9 Å². The van der Waals surface area contributed by atoms with Gasteiger partial charge in [-0.15, -0.1) is 0 Å². The zero-order valence-corrected chi connectivity index (χ0v) is 13.0. The van der Waals surface area contributed by atoms with Gasteiger partial charge in [-0.3, -0.25) is 9.59 Å². The van der Waals surface area contributed by atoms with Crippen LogP contribution in [0.3, 0.4) is 0 Å². The van der Waals surface area contributed by atoms with Crippen molar-refractivity contribution in [2.75, 3.05) is 6.54 Å².